The van der Waals surface area contributed by atoms with Crippen LogP contribution >= 0.6 is 0 Å². The lowest BCUT2D eigenvalue weighted by Crippen LogP contribution is -2.33. The van der Waals surface area contributed by atoms with Crippen molar-refractivity contribution in [1.82, 2.24) is 9.55 Å². The van der Waals surface area contributed by atoms with E-state index in [1.54, 1.807) is 0 Å². The van der Waals surface area contributed by atoms with Gasteiger partial charge in [0.2, 0.25) is 0 Å². The lowest BCUT2D eigenvalue weighted by Gasteiger charge is -2.09. The van der Waals surface area contributed by atoms with Crippen molar-refractivity contribution in [2.24, 2.45) is 5.73 Å². The summed E-state index contributed by atoms with van der Waals surface area (Å²) < 4.78 is 1.25. The molecule has 1 aromatic heterocycles. The summed E-state index contributed by atoms with van der Waals surface area (Å²) in [6, 6.07) is 8.11. The van der Waals surface area contributed by atoms with Gasteiger partial charge in [0.05, 0.1) is 0 Å². The maximum absolute atomic E-state index is 7.89. The molecule has 0 saturated carbocycles. The van der Waals surface area contributed by atoms with E-state index in [2.05, 4.69) is 10.3 Å². The summed E-state index contributed by atoms with van der Waals surface area (Å²) in [4.78, 5) is 4.08. The lowest BCUT2D eigenvalue weighted by molar-refractivity contribution is 0.912. The first-order valence-corrected chi connectivity index (χ1v) is 5.84. The van der Waals surface area contributed by atoms with Crippen LogP contribution in [0, 0.1) is 17.7 Å². The third-order valence-electron chi connectivity index (χ3n) is 2.72. The predicted molar refractivity (Wildman–Crippen MR) is 73.9 cm³/mol. The predicted octanol–water partition coefficient (Wildman–Crippen LogP) is 1.02. The van der Waals surface area contributed by atoms with Gasteiger partial charge in [0.15, 0.2) is 17.3 Å². The van der Waals surface area contributed by atoms with E-state index in [4.69, 9.17) is 16.6 Å². The number of nitrogens with one attached hydrogen (secondary N) is 3. The first kappa shape index (κ1) is 12.8. The van der Waals surface area contributed by atoms with Crippen molar-refractivity contribution in [3.05, 3.63) is 53.3 Å². The van der Waals surface area contributed by atoms with Crippen molar-refractivity contribution in [3.8, 4) is 0 Å². The van der Waals surface area contributed by atoms with Gasteiger partial charge in [0.1, 0.15) is 0 Å². The first-order chi connectivity index (χ1) is 9.08. The summed E-state index contributed by atoms with van der Waals surface area (Å²) >= 11 is 0. The number of hydrogen-bond acceptors (Lipinski definition) is 4. The Morgan fingerprint density at radius 3 is 2.68 bits per heavy atom. The van der Waals surface area contributed by atoms with Gasteiger partial charge in [-0.1, -0.05) is 29.8 Å². The molecule has 1 heterocycles. The fourth-order valence-electron chi connectivity index (χ4n) is 1.65. The summed E-state index contributed by atoms with van der Waals surface area (Å²) in [5.41, 5.74) is 7.76. The minimum absolute atomic E-state index is 0.0714. The van der Waals surface area contributed by atoms with E-state index in [-0.39, 0.29) is 11.4 Å². The molecular formula is C13H16N6. The fraction of sp³-hybridized carbons (Fsp3) is 0.154. The van der Waals surface area contributed by atoms with E-state index in [0.29, 0.717) is 12.4 Å². The fourth-order valence-corrected chi connectivity index (χ4v) is 1.65. The van der Waals surface area contributed by atoms with Gasteiger partial charge in [-0.05, 0) is 12.5 Å². The zero-order chi connectivity index (χ0) is 13.8. The van der Waals surface area contributed by atoms with Crippen LogP contribution in [0.1, 0.15) is 11.1 Å². The zero-order valence-electron chi connectivity index (χ0n) is 10.6. The van der Waals surface area contributed by atoms with Gasteiger partial charge in [0.25, 0.3) is 0 Å². The number of aryl methyl sites for hydroxylation is 1. The second kappa shape index (κ2) is 5.34. The molecule has 0 aliphatic heterocycles. The van der Waals surface area contributed by atoms with Gasteiger partial charge in [-0.3, -0.25) is 15.4 Å². The molecule has 0 fully saturated rings. The SMILES string of the molecule is Cc1ccc(CNc2nccn(C(=N)N)c2=N)cc1. The Labute approximate surface area is 110 Å². The van der Waals surface area contributed by atoms with Crippen LogP contribution in [0.5, 0.6) is 0 Å². The number of hydrogen-bond donors (Lipinski definition) is 4. The molecule has 6 nitrogen and oxygen atoms in total. The second-order valence-corrected chi connectivity index (χ2v) is 4.22. The largest absolute Gasteiger partial charge is 0.369 e. The molecule has 19 heavy (non-hydrogen) atoms. The Balaban J connectivity index is 2.16. The molecule has 1 aromatic carbocycles. The van der Waals surface area contributed by atoms with Crippen LogP contribution in [-0.4, -0.2) is 15.5 Å². The summed E-state index contributed by atoms with van der Waals surface area (Å²) in [6.45, 7) is 2.61. The molecular weight excluding hydrogens is 240 g/mol. The van der Waals surface area contributed by atoms with Crippen LogP contribution < -0.4 is 16.5 Å². The molecule has 0 amide bonds. The molecule has 2 rings (SSSR count). The van der Waals surface area contributed by atoms with Crippen molar-refractivity contribution in [1.29, 1.82) is 10.8 Å². The lowest BCUT2D eigenvalue weighted by atomic mass is 10.1. The molecule has 98 valence electrons. The maximum Gasteiger partial charge on any atom is 0.198 e. The van der Waals surface area contributed by atoms with Gasteiger partial charge < -0.3 is 11.1 Å². The summed E-state index contributed by atoms with van der Waals surface area (Å²) in [7, 11) is 0. The van der Waals surface area contributed by atoms with Crippen LogP contribution in [-0.2, 0) is 6.54 Å². The number of nitrogen functional groups attached to an aromatic ring is 1. The van der Waals surface area contributed by atoms with E-state index in [1.807, 2.05) is 31.2 Å². The highest BCUT2D eigenvalue weighted by Gasteiger charge is 2.02. The van der Waals surface area contributed by atoms with Crippen LogP contribution in [0.3, 0.4) is 0 Å². The molecule has 0 spiro atoms. The maximum atomic E-state index is 7.89. The van der Waals surface area contributed by atoms with E-state index in [0.717, 1.165) is 5.56 Å². The van der Waals surface area contributed by atoms with Crippen LogP contribution in [0.15, 0.2) is 36.7 Å². The van der Waals surface area contributed by atoms with Crippen molar-refractivity contribution < 1.29 is 0 Å². The number of nitrogens with two attached hydrogens (primary N) is 1. The Morgan fingerprint density at radius 2 is 2.05 bits per heavy atom. The van der Waals surface area contributed by atoms with Crippen molar-refractivity contribution in [2.75, 3.05) is 5.32 Å². The third kappa shape index (κ3) is 2.98. The van der Waals surface area contributed by atoms with Crippen molar-refractivity contribution >= 4 is 11.8 Å². The van der Waals surface area contributed by atoms with Gasteiger partial charge in [-0.25, -0.2) is 4.98 Å². The first-order valence-electron chi connectivity index (χ1n) is 5.84. The van der Waals surface area contributed by atoms with Gasteiger partial charge in [0, 0.05) is 18.9 Å². The molecule has 0 aliphatic carbocycles. The smallest absolute Gasteiger partial charge is 0.198 e. The Kier molecular flexibility index (Phi) is 3.61. The molecule has 2 aromatic rings. The number of benzene rings is 1. The van der Waals surface area contributed by atoms with E-state index in [9.17, 15) is 0 Å². The molecule has 0 aliphatic rings. The topological polar surface area (TPSA) is 104 Å². The molecule has 5 N–H and O–H groups in total. The van der Waals surface area contributed by atoms with Crippen LogP contribution in [0.2, 0.25) is 0 Å². The number of aromatic nitrogens is 2. The number of rotatable bonds is 3. The van der Waals surface area contributed by atoms with Crippen LogP contribution in [0.4, 0.5) is 5.82 Å². The average molecular weight is 256 g/mol. The standard InChI is InChI=1S/C13H16N6/c1-9-2-4-10(5-3-9)8-18-12-11(14)19(13(15)16)7-6-17-12/h2-7,14H,8H2,1H3,(H3,15,16)(H,17,18). The monoisotopic (exact) mass is 256 g/mol. The van der Waals surface area contributed by atoms with Crippen molar-refractivity contribution in [2.45, 2.75) is 13.5 Å². The summed E-state index contributed by atoms with van der Waals surface area (Å²) in [5, 5.41) is 18.3. The molecule has 0 unspecified atom stereocenters. The number of anilines is 1. The second-order valence-electron chi connectivity index (χ2n) is 4.22. The minimum Gasteiger partial charge on any atom is -0.369 e. The summed E-state index contributed by atoms with van der Waals surface area (Å²) in [5.74, 6) is 0.198. The highest BCUT2D eigenvalue weighted by molar-refractivity contribution is 5.77. The van der Waals surface area contributed by atoms with Gasteiger partial charge >= 0.3 is 0 Å². The molecule has 0 bridgehead atoms. The van der Waals surface area contributed by atoms with E-state index < -0.39 is 0 Å². The Hall–Kier alpha value is -2.63. The molecule has 0 saturated heterocycles. The number of nitrogens with zero attached hydrogens (tertiary/aromatic N) is 2. The third-order valence-corrected chi connectivity index (χ3v) is 2.72. The molecule has 6 heteroatoms. The summed E-state index contributed by atoms with van der Waals surface area (Å²) in [6.07, 6.45) is 3.00. The molecule has 0 radical (unpaired) electrons. The highest BCUT2D eigenvalue weighted by atomic mass is 15.2. The van der Waals surface area contributed by atoms with E-state index >= 15 is 0 Å². The average Bonchev–Trinajstić information content (AvgIpc) is 2.39. The van der Waals surface area contributed by atoms with Crippen molar-refractivity contribution in [3.63, 3.8) is 0 Å². The van der Waals surface area contributed by atoms with Gasteiger partial charge in [-0.15, -0.1) is 0 Å². The van der Waals surface area contributed by atoms with Crippen LogP contribution in [0.25, 0.3) is 0 Å². The zero-order valence-corrected chi connectivity index (χ0v) is 10.6. The minimum atomic E-state index is -0.203. The highest BCUT2D eigenvalue weighted by Crippen LogP contribution is 2.04. The Bertz CT molecular complexity index is 641. The van der Waals surface area contributed by atoms with Gasteiger partial charge in [-0.2, -0.15) is 0 Å². The normalized spacial score (nSPS) is 10.2. The van der Waals surface area contributed by atoms with E-state index in [1.165, 1.54) is 22.5 Å². The Morgan fingerprint density at radius 1 is 1.37 bits per heavy atom. The molecule has 0 atom stereocenters. The quantitative estimate of drug-likeness (QED) is 0.487.